The van der Waals surface area contributed by atoms with Gasteiger partial charge in [0.2, 0.25) is 0 Å². The molecular formula is C13H16FN3. The van der Waals surface area contributed by atoms with Gasteiger partial charge in [-0.2, -0.15) is 0 Å². The Morgan fingerprint density at radius 1 is 1.35 bits per heavy atom. The summed E-state index contributed by atoms with van der Waals surface area (Å²) in [7, 11) is 0. The average molecular weight is 233 g/mol. The molecule has 0 unspecified atom stereocenters. The van der Waals surface area contributed by atoms with Crippen LogP contribution in [0.5, 0.6) is 0 Å². The first kappa shape index (κ1) is 11.8. The largest absolute Gasteiger partial charge is 0.344 e. The van der Waals surface area contributed by atoms with Crippen LogP contribution in [-0.4, -0.2) is 16.5 Å². The van der Waals surface area contributed by atoms with Crippen LogP contribution < -0.4 is 5.32 Å². The number of aromatic nitrogens is 2. The van der Waals surface area contributed by atoms with Crippen molar-refractivity contribution in [2.45, 2.75) is 20.4 Å². The lowest BCUT2D eigenvalue weighted by Crippen LogP contribution is -2.12. The first-order valence-electron chi connectivity index (χ1n) is 5.73. The quantitative estimate of drug-likeness (QED) is 0.852. The first-order chi connectivity index (χ1) is 8.22. The molecule has 0 radical (unpaired) electrons. The number of hydrogen-bond acceptors (Lipinski definition) is 2. The van der Waals surface area contributed by atoms with E-state index in [1.54, 1.807) is 12.1 Å². The fraction of sp³-hybridized carbons (Fsp3) is 0.308. The maximum atomic E-state index is 13.6. The SMILES string of the molecule is CCNCc1nc(-c2ccccc2F)c(C)[nH]1. The summed E-state index contributed by atoms with van der Waals surface area (Å²) in [6.07, 6.45) is 0. The maximum Gasteiger partial charge on any atom is 0.132 e. The van der Waals surface area contributed by atoms with Gasteiger partial charge in [-0.15, -0.1) is 0 Å². The first-order valence-corrected chi connectivity index (χ1v) is 5.73. The average Bonchev–Trinajstić information content (AvgIpc) is 2.68. The molecule has 0 saturated heterocycles. The third kappa shape index (κ3) is 2.53. The Balaban J connectivity index is 2.33. The van der Waals surface area contributed by atoms with Crippen LogP contribution in [0.1, 0.15) is 18.4 Å². The molecule has 0 amide bonds. The Morgan fingerprint density at radius 3 is 2.82 bits per heavy atom. The molecule has 0 aliphatic heterocycles. The van der Waals surface area contributed by atoms with Gasteiger partial charge in [0.05, 0.1) is 12.2 Å². The summed E-state index contributed by atoms with van der Waals surface area (Å²) in [5, 5.41) is 3.18. The minimum atomic E-state index is -0.239. The third-order valence-electron chi connectivity index (χ3n) is 2.61. The summed E-state index contributed by atoms with van der Waals surface area (Å²) >= 11 is 0. The van der Waals surface area contributed by atoms with Gasteiger partial charge >= 0.3 is 0 Å². The smallest absolute Gasteiger partial charge is 0.132 e. The maximum absolute atomic E-state index is 13.6. The topological polar surface area (TPSA) is 40.7 Å². The van der Waals surface area contributed by atoms with Gasteiger partial charge in [-0.3, -0.25) is 0 Å². The lowest BCUT2D eigenvalue weighted by atomic mass is 10.1. The van der Waals surface area contributed by atoms with E-state index < -0.39 is 0 Å². The lowest BCUT2D eigenvalue weighted by Gasteiger charge is -1.99. The number of aromatic amines is 1. The van der Waals surface area contributed by atoms with E-state index in [1.807, 2.05) is 19.9 Å². The summed E-state index contributed by atoms with van der Waals surface area (Å²) in [4.78, 5) is 7.59. The van der Waals surface area contributed by atoms with Gasteiger partial charge in [0, 0.05) is 11.3 Å². The number of rotatable bonds is 4. The van der Waals surface area contributed by atoms with E-state index in [2.05, 4.69) is 15.3 Å². The molecule has 17 heavy (non-hydrogen) atoms. The van der Waals surface area contributed by atoms with Crippen LogP contribution in [0.3, 0.4) is 0 Å². The van der Waals surface area contributed by atoms with Gasteiger partial charge in [0.25, 0.3) is 0 Å². The monoisotopic (exact) mass is 233 g/mol. The summed E-state index contributed by atoms with van der Waals surface area (Å²) in [6.45, 7) is 5.50. The van der Waals surface area contributed by atoms with Gasteiger partial charge in [-0.25, -0.2) is 9.37 Å². The van der Waals surface area contributed by atoms with Gasteiger partial charge in [-0.05, 0) is 25.6 Å². The molecule has 0 aliphatic rings. The van der Waals surface area contributed by atoms with Crippen LogP contribution in [0.4, 0.5) is 4.39 Å². The minimum absolute atomic E-state index is 0.239. The van der Waals surface area contributed by atoms with Crippen LogP contribution in [0.15, 0.2) is 24.3 Å². The number of nitrogens with one attached hydrogen (secondary N) is 2. The zero-order chi connectivity index (χ0) is 12.3. The van der Waals surface area contributed by atoms with Gasteiger partial charge in [0.1, 0.15) is 11.6 Å². The summed E-state index contributed by atoms with van der Waals surface area (Å²) in [5.41, 5.74) is 2.13. The molecule has 3 nitrogen and oxygen atoms in total. The molecule has 0 spiro atoms. The van der Waals surface area contributed by atoms with E-state index in [9.17, 15) is 4.39 Å². The number of imidazole rings is 1. The summed E-state index contributed by atoms with van der Waals surface area (Å²) in [6, 6.07) is 6.69. The van der Waals surface area contributed by atoms with Crippen molar-refractivity contribution in [1.29, 1.82) is 0 Å². The van der Waals surface area contributed by atoms with Gasteiger partial charge < -0.3 is 10.3 Å². The standard InChI is InChI=1S/C13H16FN3/c1-3-15-8-12-16-9(2)13(17-12)10-6-4-5-7-11(10)14/h4-7,15H,3,8H2,1-2H3,(H,16,17). The number of benzene rings is 1. The van der Waals surface area contributed by atoms with Crippen LogP contribution in [-0.2, 0) is 6.54 Å². The highest BCUT2D eigenvalue weighted by Crippen LogP contribution is 2.23. The van der Waals surface area contributed by atoms with Crippen LogP contribution >= 0.6 is 0 Å². The number of nitrogens with zero attached hydrogens (tertiary/aromatic N) is 1. The molecule has 0 saturated carbocycles. The fourth-order valence-electron chi connectivity index (χ4n) is 1.77. The molecule has 0 atom stereocenters. The molecule has 4 heteroatoms. The van der Waals surface area contributed by atoms with Gasteiger partial charge in [0.15, 0.2) is 0 Å². The van der Waals surface area contributed by atoms with E-state index in [0.29, 0.717) is 17.8 Å². The lowest BCUT2D eigenvalue weighted by molar-refractivity contribution is 0.630. The highest BCUT2D eigenvalue weighted by atomic mass is 19.1. The zero-order valence-electron chi connectivity index (χ0n) is 10.0. The summed E-state index contributed by atoms with van der Waals surface area (Å²) in [5.74, 6) is 0.597. The van der Waals surface area contributed by atoms with E-state index in [1.165, 1.54) is 6.07 Å². The molecule has 90 valence electrons. The molecule has 0 aliphatic carbocycles. The minimum Gasteiger partial charge on any atom is -0.344 e. The molecular weight excluding hydrogens is 217 g/mol. The number of H-pyrrole nitrogens is 1. The summed E-state index contributed by atoms with van der Waals surface area (Å²) < 4.78 is 13.6. The Bertz CT molecular complexity index is 505. The normalized spacial score (nSPS) is 10.8. The van der Waals surface area contributed by atoms with Crippen LogP contribution in [0.25, 0.3) is 11.3 Å². The second-order valence-corrected chi connectivity index (χ2v) is 3.92. The highest BCUT2D eigenvalue weighted by molar-refractivity contribution is 5.62. The number of hydrogen-bond donors (Lipinski definition) is 2. The van der Waals surface area contributed by atoms with E-state index >= 15 is 0 Å². The van der Waals surface area contributed by atoms with E-state index in [0.717, 1.165) is 18.1 Å². The van der Waals surface area contributed by atoms with Crippen molar-refractivity contribution in [3.8, 4) is 11.3 Å². The second-order valence-electron chi connectivity index (χ2n) is 3.92. The second kappa shape index (κ2) is 5.10. The number of aryl methyl sites for hydroxylation is 1. The molecule has 1 aromatic carbocycles. The Labute approximate surface area is 100 Å². The van der Waals surface area contributed by atoms with Crippen LogP contribution in [0, 0.1) is 12.7 Å². The van der Waals surface area contributed by atoms with Gasteiger partial charge in [-0.1, -0.05) is 19.1 Å². The third-order valence-corrected chi connectivity index (χ3v) is 2.61. The van der Waals surface area contributed by atoms with E-state index in [-0.39, 0.29) is 5.82 Å². The van der Waals surface area contributed by atoms with Crippen LogP contribution in [0.2, 0.25) is 0 Å². The molecule has 2 N–H and O–H groups in total. The predicted octanol–water partition coefficient (Wildman–Crippen LogP) is 2.63. The van der Waals surface area contributed by atoms with Crippen molar-refractivity contribution >= 4 is 0 Å². The molecule has 1 heterocycles. The van der Waals surface area contributed by atoms with Crippen molar-refractivity contribution in [2.24, 2.45) is 0 Å². The van der Waals surface area contributed by atoms with Crippen molar-refractivity contribution in [3.63, 3.8) is 0 Å². The molecule has 2 rings (SSSR count). The number of halogens is 1. The van der Waals surface area contributed by atoms with Crippen molar-refractivity contribution in [2.75, 3.05) is 6.54 Å². The van der Waals surface area contributed by atoms with E-state index in [4.69, 9.17) is 0 Å². The predicted molar refractivity (Wildman–Crippen MR) is 66.1 cm³/mol. The Hall–Kier alpha value is -1.68. The highest BCUT2D eigenvalue weighted by Gasteiger charge is 2.11. The van der Waals surface area contributed by atoms with Crippen molar-refractivity contribution < 1.29 is 4.39 Å². The molecule has 1 aromatic heterocycles. The van der Waals surface area contributed by atoms with Crippen molar-refractivity contribution in [3.05, 3.63) is 41.6 Å². The zero-order valence-corrected chi connectivity index (χ0v) is 10.0. The van der Waals surface area contributed by atoms with Crippen molar-refractivity contribution in [1.82, 2.24) is 15.3 Å². The molecule has 0 fully saturated rings. The molecule has 0 bridgehead atoms. The fourth-order valence-corrected chi connectivity index (χ4v) is 1.77. The Kier molecular flexibility index (Phi) is 3.54. The Morgan fingerprint density at radius 2 is 2.12 bits per heavy atom. The molecule has 2 aromatic rings.